The Labute approximate surface area is 104 Å². The molecular formula is C13H14N2OS. The Hall–Kier alpha value is -1.55. The summed E-state index contributed by atoms with van der Waals surface area (Å²) >= 11 is 1.58. The summed E-state index contributed by atoms with van der Waals surface area (Å²) in [6, 6.07) is 11.3. The molecule has 2 aromatic rings. The summed E-state index contributed by atoms with van der Waals surface area (Å²) in [5, 5.41) is 0.693. The quantitative estimate of drug-likeness (QED) is 0.666. The van der Waals surface area contributed by atoms with Gasteiger partial charge >= 0.3 is 0 Å². The predicted octanol–water partition coefficient (Wildman–Crippen LogP) is 2.94. The Balaban J connectivity index is 2.35. The minimum atomic E-state index is -0.0996. The van der Waals surface area contributed by atoms with Crippen molar-refractivity contribution in [1.29, 1.82) is 0 Å². The normalized spacial score (nSPS) is 10.4. The lowest BCUT2D eigenvalue weighted by Gasteiger charge is -2.03. The van der Waals surface area contributed by atoms with Gasteiger partial charge in [0.2, 0.25) is 0 Å². The molecule has 0 fully saturated rings. The van der Waals surface area contributed by atoms with Crippen LogP contribution in [0.15, 0.2) is 46.3 Å². The zero-order chi connectivity index (χ0) is 12.1. The van der Waals surface area contributed by atoms with Crippen LogP contribution in [-0.2, 0) is 0 Å². The van der Waals surface area contributed by atoms with Gasteiger partial charge in [-0.25, -0.2) is 4.98 Å². The molecule has 0 radical (unpaired) electrons. The Morgan fingerprint density at radius 3 is 2.76 bits per heavy atom. The van der Waals surface area contributed by atoms with Gasteiger partial charge in [-0.05, 0) is 6.42 Å². The number of nitrogens with zero attached hydrogens (tertiary/aromatic N) is 1. The van der Waals surface area contributed by atoms with E-state index in [-0.39, 0.29) is 5.56 Å². The van der Waals surface area contributed by atoms with E-state index in [2.05, 4.69) is 16.9 Å². The molecule has 0 bridgehead atoms. The third kappa shape index (κ3) is 3.20. The number of nitrogens with one attached hydrogen (secondary N) is 1. The highest BCUT2D eigenvalue weighted by Crippen LogP contribution is 2.18. The van der Waals surface area contributed by atoms with Gasteiger partial charge in [-0.2, -0.15) is 0 Å². The van der Waals surface area contributed by atoms with Crippen LogP contribution in [0.3, 0.4) is 0 Å². The molecule has 0 saturated heterocycles. The monoisotopic (exact) mass is 246 g/mol. The van der Waals surface area contributed by atoms with Crippen LogP contribution >= 0.6 is 11.8 Å². The zero-order valence-corrected chi connectivity index (χ0v) is 10.5. The fraction of sp³-hybridized carbons (Fsp3) is 0.231. The first-order valence-corrected chi connectivity index (χ1v) is 6.57. The van der Waals surface area contributed by atoms with Gasteiger partial charge in [-0.1, -0.05) is 49.0 Å². The maximum absolute atomic E-state index is 11.5. The van der Waals surface area contributed by atoms with Gasteiger partial charge in [0.1, 0.15) is 0 Å². The number of aromatic nitrogens is 2. The van der Waals surface area contributed by atoms with Crippen LogP contribution in [0.1, 0.15) is 13.3 Å². The number of benzene rings is 1. The molecule has 1 aromatic carbocycles. The second kappa shape index (κ2) is 5.68. The van der Waals surface area contributed by atoms with E-state index in [1.807, 2.05) is 30.3 Å². The lowest BCUT2D eigenvalue weighted by atomic mass is 10.1. The molecule has 2 rings (SSSR count). The van der Waals surface area contributed by atoms with Crippen molar-refractivity contribution in [2.75, 3.05) is 5.75 Å². The van der Waals surface area contributed by atoms with Crippen LogP contribution in [0.5, 0.6) is 0 Å². The molecule has 0 spiro atoms. The third-order valence-corrected chi connectivity index (χ3v) is 3.31. The standard InChI is InChI=1S/C13H14N2OS/c1-2-8-17-13-14-11(9-12(16)15-13)10-6-4-3-5-7-10/h3-7,9H,2,8H2,1H3,(H,14,15,16). The summed E-state index contributed by atoms with van der Waals surface area (Å²) in [6.45, 7) is 2.10. The van der Waals surface area contributed by atoms with Crippen molar-refractivity contribution in [3.05, 3.63) is 46.8 Å². The molecule has 0 atom stereocenters. The molecule has 0 unspecified atom stereocenters. The molecular weight excluding hydrogens is 232 g/mol. The zero-order valence-electron chi connectivity index (χ0n) is 9.64. The van der Waals surface area contributed by atoms with Crippen LogP contribution in [0, 0.1) is 0 Å². The summed E-state index contributed by atoms with van der Waals surface area (Å²) in [4.78, 5) is 18.7. The van der Waals surface area contributed by atoms with Crippen molar-refractivity contribution in [3.63, 3.8) is 0 Å². The summed E-state index contributed by atoms with van der Waals surface area (Å²) in [5.41, 5.74) is 1.60. The molecule has 4 heteroatoms. The highest BCUT2D eigenvalue weighted by atomic mass is 32.2. The maximum Gasteiger partial charge on any atom is 0.252 e. The number of H-pyrrole nitrogens is 1. The van der Waals surface area contributed by atoms with Crippen molar-refractivity contribution in [1.82, 2.24) is 9.97 Å². The van der Waals surface area contributed by atoms with Gasteiger partial charge in [0.05, 0.1) is 5.69 Å². The maximum atomic E-state index is 11.5. The van der Waals surface area contributed by atoms with Crippen molar-refractivity contribution < 1.29 is 0 Å². The summed E-state index contributed by atoms with van der Waals surface area (Å²) in [7, 11) is 0. The molecule has 1 N–H and O–H groups in total. The molecule has 1 heterocycles. The second-order valence-electron chi connectivity index (χ2n) is 3.65. The molecule has 0 amide bonds. The summed E-state index contributed by atoms with van der Waals surface area (Å²) < 4.78 is 0. The average molecular weight is 246 g/mol. The minimum Gasteiger partial charge on any atom is -0.301 e. The van der Waals surface area contributed by atoms with E-state index in [1.165, 1.54) is 6.07 Å². The van der Waals surface area contributed by atoms with Crippen LogP contribution in [0.4, 0.5) is 0 Å². The molecule has 0 saturated carbocycles. The largest absolute Gasteiger partial charge is 0.301 e. The molecule has 3 nitrogen and oxygen atoms in total. The lowest BCUT2D eigenvalue weighted by Crippen LogP contribution is -2.08. The topological polar surface area (TPSA) is 45.8 Å². The van der Waals surface area contributed by atoms with E-state index in [1.54, 1.807) is 11.8 Å². The van der Waals surface area contributed by atoms with Crippen molar-refractivity contribution >= 4 is 11.8 Å². The average Bonchev–Trinajstić information content (AvgIpc) is 2.37. The fourth-order valence-corrected chi connectivity index (χ4v) is 2.19. The summed E-state index contributed by atoms with van der Waals surface area (Å²) in [6.07, 6.45) is 1.06. The Morgan fingerprint density at radius 1 is 1.29 bits per heavy atom. The van der Waals surface area contributed by atoms with Gasteiger partial charge in [0, 0.05) is 17.4 Å². The first kappa shape index (κ1) is 11.9. The van der Waals surface area contributed by atoms with Crippen molar-refractivity contribution in [2.45, 2.75) is 18.5 Å². The molecule has 1 aromatic heterocycles. The van der Waals surface area contributed by atoms with E-state index >= 15 is 0 Å². The highest BCUT2D eigenvalue weighted by Gasteiger charge is 2.03. The van der Waals surface area contributed by atoms with Gasteiger partial charge in [-0.15, -0.1) is 0 Å². The van der Waals surface area contributed by atoms with Gasteiger partial charge in [0.25, 0.3) is 5.56 Å². The molecule has 17 heavy (non-hydrogen) atoms. The SMILES string of the molecule is CCCSc1nc(-c2ccccc2)cc(=O)[nH]1. The van der Waals surface area contributed by atoms with E-state index < -0.39 is 0 Å². The van der Waals surface area contributed by atoms with Crippen LogP contribution < -0.4 is 5.56 Å². The summed E-state index contributed by atoms with van der Waals surface area (Å²) in [5.74, 6) is 0.960. The number of rotatable bonds is 4. The minimum absolute atomic E-state index is 0.0996. The highest BCUT2D eigenvalue weighted by molar-refractivity contribution is 7.99. The van der Waals surface area contributed by atoms with Gasteiger partial charge in [-0.3, -0.25) is 4.79 Å². The molecule has 88 valence electrons. The van der Waals surface area contributed by atoms with E-state index in [9.17, 15) is 4.79 Å². The third-order valence-electron chi connectivity index (χ3n) is 2.23. The van der Waals surface area contributed by atoms with Crippen molar-refractivity contribution in [3.8, 4) is 11.3 Å². The molecule has 0 aliphatic carbocycles. The first-order valence-electron chi connectivity index (χ1n) is 5.59. The van der Waals surface area contributed by atoms with Crippen molar-refractivity contribution in [2.24, 2.45) is 0 Å². The van der Waals surface area contributed by atoms with Gasteiger partial charge in [0.15, 0.2) is 5.16 Å². The Bertz CT molecular complexity index is 537. The van der Waals surface area contributed by atoms with Crippen LogP contribution in [0.2, 0.25) is 0 Å². The molecule has 0 aliphatic rings. The van der Waals surface area contributed by atoms with Gasteiger partial charge < -0.3 is 4.98 Å². The Kier molecular flexibility index (Phi) is 3.98. The number of aromatic amines is 1. The first-order chi connectivity index (χ1) is 8.29. The lowest BCUT2D eigenvalue weighted by molar-refractivity contribution is 0.938. The Morgan fingerprint density at radius 2 is 2.06 bits per heavy atom. The number of hydrogen-bond donors (Lipinski definition) is 1. The number of hydrogen-bond acceptors (Lipinski definition) is 3. The van der Waals surface area contributed by atoms with E-state index in [0.717, 1.165) is 23.4 Å². The second-order valence-corrected chi connectivity index (χ2v) is 4.73. The van der Waals surface area contributed by atoms with Crippen LogP contribution in [0.25, 0.3) is 11.3 Å². The fourth-order valence-electron chi connectivity index (χ4n) is 1.46. The number of thioether (sulfide) groups is 1. The molecule has 0 aliphatic heterocycles. The van der Waals surface area contributed by atoms with E-state index in [0.29, 0.717) is 5.16 Å². The predicted molar refractivity (Wildman–Crippen MR) is 71.3 cm³/mol. The smallest absolute Gasteiger partial charge is 0.252 e. The van der Waals surface area contributed by atoms with Crippen LogP contribution in [-0.4, -0.2) is 15.7 Å². The van der Waals surface area contributed by atoms with E-state index in [4.69, 9.17) is 0 Å².